The highest BCUT2D eigenvalue weighted by Crippen LogP contribution is 2.26. The van der Waals surface area contributed by atoms with Crippen molar-refractivity contribution in [2.24, 2.45) is 5.92 Å². The molecule has 2 rings (SSSR count). The summed E-state index contributed by atoms with van der Waals surface area (Å²) >= 11 is 11.3. The Morgan fingerprint density at radius 2 is 2.25 bits per heavy atom. The van der Waals surface area contributed by atoms with E-state index in [1.54, 1.807) is 11.3 Å². The van der Waals surface area contributed by atoms with Crippen LogP contribution in [0.15, 0.2) is 15.9 Å². The van der Waals surface area contributed by atoms with Gasteiger partial charge in [0.15, 0.2) is 0 Å². The molecule has 1 heterocycles. The molecule has 0 aliphatic heterocycles. The number of nitrogens with one attached hydrogen (secondary N) is 1. The van der Waals surface area contributed by atoms with Crippen LogP contribution in [0.3, 0.4) is 0 Å². The summed E-state index contributed by atoms with van der Waals surface area (Å²) in [5.41, 5.74) is 0. The SMILES string of the molecule is ClCC1CCCCC1NCc1cc(Br)cs1. The fourth-order valence-electron chi connectivity index (χ4n) is 2.34. The Morgan fingerprint density at radius 3 is 2.94 bits per heavy atom. The van der Waals surface area contributed by atoms with Crippen LogP contribution < -0.4 is 5.32 Å². The fourth-order valence-corrected chi connectivity index (χ4v) is 4.11. The lowest BCUT2D eigenvalue weighted by molar-refractivity contribution is 0.283. The zero-order chi connectivity index (χ0) is 11.4. The zero-order valence-corrected chi connectivity index (χ0v) is 12.4. The maximum Gasteiger partial charge on any atom is 0.0302 e. The van der Waals surface area contributed by atoms with Crippen LogP contribution in [-0.4, -0.2) is 11.9 Å². The van der Waals surface area contributed by atoms with Crippen molar-refractivity contribution >= 4 is 38.9 Å². The minimum atomic E-state index is 0.618. The van der Waals surface area contributed by atoms with Crippen LogP contribution in [0.25, 0.3) is 0 Å². The van der Waals surface area contributed by atoms with Crippen LogP contribution in [0.1, 0.15) is 30.6 Å². The predicted octanol–water partition coefficient (Wildman–Crippen LogP) is 4.40. The first-order chi connectivity index (χ1) is 7.79. The Hall–Kier alpha value is 0.430. The molecule has 0 bridgehead atoms. The molecule has 90 valence electrons. The molecule has 1 aliphatic rings. The van der Waals surface area contributed by atoms with E-state index in [-0.39, 0.29) is 0 Å². The molecular weight excluding hydrogens is 306 g/mol. The molecular formula is C12H17BrClNS. The minimum Gasteiger partial charge on any atom is -0.309 e. The number of alkyl halides is 1. The molecule has 1 aliphatic carbocycles. The van der Waals surface area contributed by atoms with Crippen LogP contribution in [0.4, 0.5) is 0 Å². The van der Waals surface area contributed by atoms with Gasteiger partial charge in [0.2, 0.25) is 0 Å². The number of thiophene rings is 1. The molecule has 1 aromatic heterocycles. The van der Waals surface area contributed by atoms with Crippen molar-refractivity contribution in [3.8, 4) is 0 Å². The van der Waals surface area contributed by atoms with Crippen LogP contribution in [0.2, 0.25) is 0 Å². The van der Waals surface area contributed by atoms with Crippen molar-refractivity contribution in [2.45, 2.75) is 38.3 Å². The lowest BCUT2D eigenvalue weighted by Gasteiger charge is -2.30. The Labute approximate surface area is 115 Å². The van der Waals surface area contributed by atoms with Crippen molar-refractivity contribution in [3.63, 3.8) is 0 Å². The van der Waals surface area contributed by atoms with E-state index in [4.69, 9.17) is 11.6 Å². The Bertz CT molecular complexity index is 329. The molecule has 1 nitrogen and oxygen atoms in total. The third-order valence-electron chi connectivity index (χ3n) is 3.27. The third-order valence-corrected chi connectivity index (χ3v) is 5.36. The maximum absolute atomic E-state index is 6.02. The highest BCUT2D eigenvalue weighted by molar-refractivity contribution is 9.10. The molecule has 0 amide bonds. The number of hydrogen-bond acceptors (Lipinski definition) is 2. The molecule has 16 heavy (non-hydrogen) atoms. The zero-order valence-electron chi connectivity index (χ0n) is 9.22. The second-order valence-corrected chi connectivity index (χ2v) is 6.64. The standard InChI is InChI=1S/C12H17BrClNS/c13-10-5-11(16-8-10)7-15-12-4-2-1-3-9(12)6-14/h5,8-9,12,15H,1-4,6-7H2. The van der Waals surface area contributed by atoms with Gasteiger partial charge in [0.1, 0.15) is 0 Å². The largest absolute Gasteiger partial charge is 0.309 e. The highest BCUT2D eigenvalue weighted by Gasteiger charge is 2.23. The van der Waals surface area contributed by atoms with Gasteiger partial charge in [-0.15, -0.1) is 22.9 Å². The predicted molar refractivity (Wildman–Crippen MR) is 75.3 cm³/mol. The molecule has 0 spiro atoms. The summed E-state index contributed by atoms with van der Waals surface area (Å²) in [6, 6.07) is 2.81. The minimum absolute atomic E-state index is 0.618. The van der Waals surface area contributed by atoms with Gasteiger partial charge < -0.3 is 5.32 Å². The topological polar surface area (TPSA) is 12.0 Å². The summed E-state index contributed by atoms with van der Waals surface area (Å²) in [5, 5.41) is 5.79. The van der Waals surface area contributed by atoms with Gasteiger partial charge in [0.05, 0.1) is 0 Å². The first-order valence-electron chi connectivity index (χ1n) is 5.82. The van der Waals surface area contributed by atoms with Crippen molar-refractivity contribution in [1.82, 2.24) is 5.32 Å². The lowest BCUT2D eigenvalue weighted by Crippen LogP contribution is -2.38. The van der Waals surface area contributed by atoms with Crippen molar-refractivity contribution in [3.05, 3.63) is 20.8 Å². The first-order valence-corrected chi connectivity index (χ1v) is 8.02. The van der Waals surface area contributed by atoms with Gasteiger partial charge in [-0.05, 0) is 40.8 Å². The van der Waals surface area contributed by atoms with Gasteiger partial charge in [0, 0.05) is 33.2 Å². The average molecular weight is 323 g/mol. The first kappa shape index (κ1) is 12.9. The van der Waals surface area contributed by atoms with Gasteiger partial charge in [-0.2, -0.15) is 0 Å². The van der Waals surface area contributed by atoms with Gasteiger partial charge >= 0.3 is 0 Å². The molecule has 1 aromatic rings. The van der Waals surface area contributed by atoms with E-state index in [9.17, 15) is 0 Å². The van der Waals surface area contributed by atoms with Crippen LogP contribution in [0, 0.1) is 5.92 Å². The van der Waals surface area contributed by atoms with E-state index >= 15 is 0 Å². The Morgan fingerprint density at radius 1 is 1.44 bits per heavy atom. The van der Waals surface area contributed by atoms with E-state index in [0.717, 1.165) is 12.4 Å². The van der Waals surface area contributed by atoms with Gasteiger partial charge in [-0.3, -0.25) is 0 Å². The van der Waals surface area contributed by atoms with Crippen LogP contribution >= 0.6 is 38.9 Å². The van der Waals surface area contributed by atoms with Crippen molar-refractivity contribution < 1.29 is 0 Å². The van der Waals surface area contributed by atoms with Crippen LogP contribution in [0.5, 0.6) is 0 Å². The average Bonchev–Trinajstić information content (AvgIpc) is 2.73. The lowest BCUT2D eigenvalue weighted by atomic mass is 9.86. The van der Waals surface area contributed by atoms with E-state index in [1.165, 1.54) is 35.0 Å². The molecule has 0 radical (unpaired) electrons. The van der Waals surface area contributed by atoms with E-state index in [1.807, 2.05) is 0 Å². The number of hydrogen-bond donors (Lipinski definition) is 1. The normalized spacial score (nSPS) is 25.9. The van der Waals surface area contributed by atoms with Gasteiger partial charge in [0.25, 0.3) is 0 Å². The molecule has 2 atom stereocenters. The molecule has 4 heteroatoms. The summed E-state index contributed by atoms with van der Waals surface area (Å²) < 4.78 is 1.19. The smallest absolute Gasteiger partial charge is 0.0302 e. The van der Waals surface area contributed by atoms with Gasteiger partial charge in [-0.25, -0.2) is 0 Å². The van der Waals surface area contributed by atoms with Crippen molar-refractivity contribution in [1.29, 1.82) is 0 Å². The van der Waals surface area contributed by atoms with E-state index < -0.39 is 0 Å². The highest BCUT2D eigenvalue weighted by atomic mass is 79.9. The summed E-state index contributed by atoms with van der Waals surface area (Å²) in [6.07, 6.45) is 5.26. The maximum atomic E-state index is 6.02. The Balaban J connectivity index is 1.84. The molecule has 1 saturated carbocycles. The molecule has 2 unspecified atom stereocenters. The quantitative estimate of drug-likeness (QED) is 0.810. The van der Waals surface area contributed by atoms with Crippen LogP contribution in [-0.2, 0) is 6.54 Å². The summed E-state index contributed by atoms with van der Waals surface area (Å²) in [7, 11) is 0. The summed E-state index contributed by atoms with van der Waals surface area (Å²) in [5.74, 6) is 1.46. The molecule has 1 N–H and O–H groups in total. The van der Waals surface area contributed by atoms with E-state index in [2.05, 4.69) is 32.7 Å². The third kappa shape index (κ3) is 3.46. The summed E-state index contributed by atoms with van der Waals surface area (Å²) in [6.45, 7) is 0.980. The van der Waals surface area contributed by atoms with Gasteiger partial charge in [-0.1, -0.05) is 12.8 Å². The monoisotopic (exact) mass is 321 g/mol. The summed E-state index contributed by atoms with van der Waals surface area (Å²) in [4.78, 5) is 1.39. The number of rotatable bonds is 4. The number of halogens is 2. The molecule has 1 fully saturated rings. The fraction of sp³-hybridized carbons (Fsp3) is 0.667. The second kappa shape index (κ2) is 6.39. The molecule has 0 aromatic carbocycles. The Kier molecular flexibility index (Phi) is 5.14. The van der Waals surface area contributed by atoms with Crippen molar-refractivity contribution in [2.75, 3.05) is 5.88 Å². The second-order valence-electron chi connectivity index (χ2n) is 4.42. The van der Waals surface area contributed by atoms with E-state index in [0.29, 0.717) is 12.0 Å². The molecule has 0 saturated heterocycles.